The van der Waals surface area contributed by atoms with Crippen LogP contribution in [0.4, 0.5) is 14.5 Å². The fraction of sp³-hybridized carbons (Fsp3) is 0.308. The van der Waals surface area contributed by atoms with E-state index in [0.29, 0.717) is 0 Å². The number of hydrogen-bond donors (Lipinski definition) is 0. The molecule has 0 heterocycles. The van der Waals surface area contributed by atoms with Gasteiger partial charge in [0.2, 0.25) is 0 Å². The molecular weight excluding hydrogens is 380 g/mol. The van der Waals surface area contributed by atoms with Gasteiger partial charge in [-0.3, -0.25) is 0 Å². The number of rotatable bonds is 4. The molecule has 0 bridgehead atoms. The van der Waals surface area contributed by atoms with E-state index in [9.17, 15) is 8.78 Å². The van der Waals surface area contributed by atoms with Gasteiger partial charge < -0.3 is 0 Å². The predicted octanol–water partition coefficient (Wildman–Crippen LogP) is 7.56. The van der Waals surface area contributed by atoms with Crippen molar-refractivity contribution in [3.63, 3.8) is 0 Å². The standard InChI is InChI=1S/C26H28F2NO/c1-25(2,3)23-16-19(17-7-11-20(27)12-8-17)15-22(18-9-13-21(28)14-10-18)24(23)29-30-26(4,5)6/h7-16H,1-6H3. The zero-order valence-corrected chi connectivity index (χ0v) is 18.4. The minimum absolute atomic E-state index is 0.231. The Labute approximate surface area is 177 Å². The quantitative estimate of drug-likeness (QED) is 0.409. The summed E-state index contributed by atoms with van der Waals surface area (Å²) in [4.78, 5) is 5.80. The summed E-state index contributed by atoms with van der Waals surface area (Å²) in [6, 6.07) is 16.8. The zero-order chi connectivity index (χ0) is 22.1. The highest BCUT2D eigenvalue weighted by Crippen LogP contribution is 2.41. The highest BCUT2D eigenvalue weighted by Gasteiger charge is 2.25. The molecule has 0 atom stereocenters. The Balaban J connectivity index is 2.26. The van der Waals surface area contributed by atoms with Gasteiger partial charge in [-0.1, -0.05) is 45.0 Å². The molecule has 157 valence electrons. The van der Waals surface area contributed by atoms with Crippen molar-refractivity contribution in [3.8, 4) is 22.3 Å². The second-order valence-electron chi connectivity index (χ2n) is 9.48. The Morgan fingerprint density at radius 2 is 1.17 bits per heavy atom. The van der Waals surface area contributed by atoms with Crippen LogP contribution in [0.3, 0.4) is 0 Å². The summed E-state index contributed by atoms with van der Waals surface area (Å²) < 4.78 is 27.0. The Kier molecular flexibility index (Phi) is 6.00. The third-order valence-corrected chi connectivity index (χ3v) is 4.66. The van der Waals surface area contributed by atoms with Crippen LogP contribution in [-0.2, 0) is 10.3 Å². The average Bonchev–Trinajstić information content (AvgIpc) is 2.66. The van der Waals surface area contributed by atoms with Crippen LogP contribution in [0.5, 0.6) is 0 Å². The van der Waals surface area contributed by atoms with Gasteiger partial charge >= 0.3 is 0 Å². The number of nitrogens with zero attached hydrogens (tertiary/aromatic N) is 1. The summed E-state index contributed by atoms with van der Waals surface area (Å²) in [6.45, 7) is 12.2. The number of benzene rings is 3. The van der Waals surface area contributed by atoms with Gasteiger partial charge in [-0.05, 0) is 84.8 Å². The first-order valence-electron chi connectivity index (χ1n) is 10.0. The second-order valence-corrected chi connectivity index (χ2v) is 9.48. The highest BCUT2D eigenvalue weighted by molar-refractivity contribution is 5.84. The van der Waals surface area contributed by atoms with Crippen molar-refractivity contribution in [2.75, 3.05) is 0 Å². The van der Waals surface area contributed by atoms with Gasteiger partial charge in [0, 0.05) is 5.56 Å². The molecule has 1 radical (unpaired) electrons. The van der Waals surface area contributed by atoms with E-state index in [1.54, 1.807) is 24.3 Å². The molecule has 0 unspecified atom stereocenters. The first-order chi connectivity index (χ1) is 13.9. The molecule has 0 aliphatic rings. The minimum Gasteiger partial charge on any atom is -0.246 e. The maximum atomic E-state index is 13.6. The van der Waals surface area contributed by atoms with Gasteiger partial charge in [0.05, 0.1) is 5.60 Å². The summed E-state index contributed by atoms with van der Waals surface area (Å²) in [5.41, 5.74) is 9.07. The van der Waals surface area contributed by atoms with Crippen molar-refractivity contribution in [2.24, 2.45) is 0 Å². The van der Waals surface area contributed by atoms with Crippen molar-refractivity contribution < 1.29 is 13.6 Å². The Hall–Kier alpha value is -2.72. The molecule has 3 aromatic rings. The minimum atomic E-state index is -0.454. The lowest BCUT2D eigenvalue weighted by atomic mass is 9.81. The molecule has 0 saturated heterocycles. The van der Waals surface area contributed by atoms with Crippen LogP contribution in [0.15, 0.2) is 60.7 Å². The topological polar surface area (TPSA) is 23.3 Å². The molecule has 0 saturated carbocycles. The first-order valence-corrected chi connectivity index (χ1v) is 10.0. The average molecular weight is 409 g/mol. The molecule has 0 fully saturated rings. The largest absolute Gasteiger partial charge is 0.246 e. The molecular formula is C26H28F2NO. The van der Waals surface area contributed by atoms with E-state index in [1.807, 2.05) is 26.8 Å². The molecule has 0 aliphatic carbocycles. The molecule has 0 spiro atoms. The van der Waals surface area contributed by atoms with E-state index < -0.39 is 5.60 Å². The first kappa shape index (κ1) is 22.0. The van der Waals surface area contributed by atoms with Gasteiger partial charge in [-0.2, -0.15) is 0 Å². The Bertz CT molecular complexity index is 1010. The van der Waals surface area contributed by atoms with Gasteiger partial charge in [0.25, 0.3) is 0 Å². The lowest BCUT2D eigenvalue weighted by Crippen LogP contribution is -2.24. The summed E-state index contributed by atoms with van der Waals surface area (Å²) in [5, 5.41) is 0. The van der Waals surface area contributed by atoms with Gasteiger partial charge in [0.15, 0.2) is 0 Å². The molecule has 0 N–H and O–H groups in total. The number of hydrogen-bond acceptors (Lipinski definition) is 1. The fourth-order valence-corrected chi connectivity index (χ4v) is 3.15. The fourth-order valence-electron chi connectivity index (χ4n) is 3.15. The molecule has 0 aromatic heterocycles. The van der Waals surface area contributed by atoms with Crippen molar-refractivity contribution in [3.05, 3.63) is 77.9 Å². The normalized spacial score (nSPS) is 12.1. The van der Waals surface area contributed by atoms with E-state index in [2.05, 4.69) is 32.3 Å². The van der Waals surface area contributed by atoms with Crippen LogP contribution < -0.4 is 5.48 Å². The SMILES string of the molecule is CC(C)(C)O[N]c1c(-c2ccc(F)cc2)cc(-c2ccc(F)cc2)cc1C(C)(C)C. The van der Waals surface area contributed by atoms with Crippen LogP contribution >= 0.6 is 0 Å². The zero-order valence-electron chi connectivity index (χ0n) is 18.4. The van der Waals surface area contributed by atoms with Gasteiger partial charge in [-0.25, -0.2) is 13.6 Å². The molecule has 0 aliphatic heterocycles. The Morgan fingerprint density at radius 3 is 1.63 bits per heavy atom. The smallest absolute Gasteiger partial charge is 0.123 e. The summed E-state index contributed by atoms with van der Waals surface area (Å²) in [5.74, 6) is -0.576. The van der Waals surface area contributed by atoms with Crippen molar-refractivity contribution in [1.29, 1.82) is 0 Å². The lowest BCUT2D eigenvalue weighted by molar-refractivity contribution is -0.0548. The molecule has 3 rings (SSSR count). The lowest BCUT2D eigenvalue weighted by Gasteiger charge is -2.27. The molecule has 2 nitrogen and oxygen atoms in total. The van der Waals surface area contributed by atoms with E-state index in [0.717, 1.165) is 33.5 Å². The van der Waals surface area contributed by atoms with Crippen molar-refractivity contribution >= 4 is 5.69 Å². The second kappa shape index (κ2) is 8.19. The molecule has 30 heavy (non-hydrogen) atoms. The number of halogens is 2. The molecule has 4 heteroatoms. The van der Waals surface area contributed by atoms with Crippen LogP contribution in [0.25, 0.3) is 22.3 Å². The highest BCUT2D eigenvalue weighted by atomic mass is 19.1. The van der Waals surface area contributed by atoms with Crippen LogP contribution in [0.1, 0.15) is 47.1 Å². The maximum Gasteiger partial charge on any atom is 0.123 e. The van der Waals surface area contributed by atoms with E-state index in [4.69, 9.17) is 4.84 Å². The molecule has 0 amide bonds. The third kappa shape index (κ3) is 5.25. The van der Waals surface area contributed by atoms with Crippen LogP contribution in [0.2, 0.25) is 0 Å². The van der Waals surface area contributed by atoms with Crippen LogP contribution in [0, 0.1) is 11.6 Å². The summed E-state index contributed by atoms with van der Waals surface area (Å²) in [6.07, 6.45) is 0. The van der Waals surface area contributed by atoms with E-state index in [1.165, 1.54) is 24.3 Å². The van der Waals surface area contributed by atoms with Crippen LogP contribution in [-0.4, -0.2) is 5.60 Å². The third-order valence-electron chi connectivity index (χ3n) is 4.66. The Morgan fingerprint density at radius 1 is 0.667 bits per heavy atom. The van der Waals surface area contributed by atoms with E-state index in [-0.39, 0.29) is 17.0 Å². The summed E-state index contributed by atoms with van der Waals surface area (Å²) in [7, 11) is 0. The van der Waals surface area contributed by atoms with Gasteiger partial charge in [0.1, 0.15) is 17.3 Å². The summed E-state index contributed by atoms with van der Waals surface area (Å²) >= 11 is 0. The van der Waals surface area contributed by atoms with Gasteiger partial charge in [-0.15, -0.1) is 5.48 Å². The van der Waals surface area contributed by atoms with Crippen molar-refractivity contribution in [1.82, 2.24) is 5.48 Å². The molecule has 3 aromatic carbocycles. The maximum absolute atomic E-state index is 13.6. The van der Waals surface area contributed by atoms with Crippen molar-refractivity contribution in [2.45, 2.75) is 52.6 Å². The predicted molar refractivity (Wildman–Crippen MR) is 119 cm³/mol. The monoisotopic (exact) mass is 408 g/mol. The van der Waals surface area contributed by atoms with E-state index >= 15 is 0 Å².